The lowest BCUT2D eigenvalue weighted by atomic mass is 9.87. The summed E-state index contributed by atoms with van der Waals surface area (Å²) in [4.78, 5) is 25.9. The van der Waals surface area contributed by atoms with Crippen LogP contribution in [-0.4, -0.2) is 38.8 Å². The van der Waals surface area contributed by atoms with Crippen LogP contribution in [0.5, 0.6) is 5.75 Å². The van der Waals surface area contributed by atoms with Crippen molar-refractivity contribution in [2.24, 2.45) is 5.92 Å². The van der Waals surface area contributed by atoms with Gasteiger partial charge in [-0.25, -0.2) is 4.79 Å². The van der Waals surface area contributed by atoms with Crippen LogP contribution in [0.25, 0.3) is 0 Å². The Morgan fingerprint density at radius 2 is 2.21 bits per heavy atom. The molecule has 0 bridgehead atoms. The third-order valence-electron chi connectivity index (χ3n) is 5.04. The van der Waals surface area contributed by atoms with Crippen molar-refractivity contribution >= 4 is 17.7 Å². The van der Waals surface area contributed by atoms with Gasteiger partial charge in [-0.05, 0) is 44.9 Å². The van der Waals surface area contributed by atoms with E-state index in [9.17, 15) is 9.59 Å². The molecule has 2 amide bonds. The van der Waals surface area contributed by atoms with Gasteiger partial charge in [-0.2, -0.15) is 0 Å². The molecule has 1 aromatic rings. The first-order valence-corrected chi connectivity index (χ1v) is 8.50. The summed E-state index contributed by atoms with van der Waals surface area (Å²) in [5, 5.41) is 2.66. The van der Waals surface area contributed by atoms with E-state index in [1.807, 2.05) is 32.0 Å². The number of nitrogens with one attached hydrogen (secondary N) is 1. The number of carbonyl (C=O) groups excluding carboxylic acids is 2. The van der Waals surface area contributed by atoms with Crippen molar-refractivity contribution < 1.29 is 19.1 Å². The van der Waals surface area contributed by atoms with Crippen molar-refractivity contribution in [1.82, 2.24) is 5.32 Å². The summed E-state index contributed by atoms with van der Waals surface area (Å²) in [6, 6.07) is 5.63. The highest BCUT2D eigenvalue weighted by atomic mass is 16.5. The summed E-state index contributed by atoms with van der Waals surface area (Å²) < 4.78 is 11.0. The van der Waals surface area contributed by atoms with Gasteiger partial charge < -0.3 is 14.8 Å². The topological polar surface area (TPSA) is 67.9 Å². The quantitative estimate of drug-likeness (QED) is 0.860. The molecule has 2 atom stereocenters. The fraction of sp³-hybridized carbons (Fsp3) is 0.556. The van der Waals surface area contributed by atoms with Crippen LogP contribution >= 0.6 is 0 Å². The van der Waals surface area contributed by atoms with Gasteiger partial charge in [-0.3, -0.25) is 9.69 Å². The molecule has 0 saturated heterocycles. The average Bonchev–Trinajstić information content (AvgIpc) is 3.31. The van der Waals surface area contributed by atoms with Gasteiger partial charge in [0, 0.05) is 30.3 Å². The van der Waals surface area contributed by atoms with E-state index in [1.54, 1.807) is 11.9 Å². The smallest absolute Gasteiger partial charge is 0.321 e. The minimum Gasteiger partial charge on any atom is -0.493 e. The maximum absolute atomic E-state index is 12.2. The van der Waals surface area contributed by atoms with Crippen molar-refractivity contribution in [3.05, 3.63) is 23.8 Å². The highest BCUT2D eigenvalue weighted by molar-refractivity contribution is 5.92. The zero-order chi connectivity index (χ0) is 17.3. The number of esters is 1. The molecule has 1 spiro atoms. The van der Waals surface area contributed by atoms with E-state index in [-0.39, 0.29) is 23.3 Å². The van der Waals surface area contributed by atoms with Crippen molar-refractivity contribution in [1.29, 1.82) is 0 Å². The van der Waals surface area contributed by atoms with Crippen LogP contribution < -0.4 is 15.0 Å². The van der Waals surface area contributed by atoms with Crippen LogP contribution in [0.4, 0.5) is 10.5 Å². The third-order valence-corrected chi connectivity index (χ3v) is 5.04. The fourth-order valence-corrected chi connectivity index (χ4v) is 3.69. The second-order valence-corrected chi connectivity index (χ2v) is 6.24. The van der Waals surface area contributed by atoms with E-state index < -0.39 is 0 Å². The number of nitrogens with zero attached hydrogens (tertiary/aromatic N) is 1. The Morgan fingerprint density at radius 1 is 1.42 bits per heavy atom. The second kappa shape index (κ2) is 6.34. The Bertz CT molecular complexity index is 660. The van der Waals surface area contributed by atoms with E-state index in [1.165, 1.54) is 0 Å². The van der Waals surface area contributed by atoms with Crippen LogP contribution in [-0.2, 0) is 14.9 Å². The van der Waals surface area contributed by atoms with Crippen molar-refractivity contribution in [2.45, 2.75) is 32.1 Å². The number of carbonyl (C=O) groups is 2. The summed E-state index contributed by atoms with van der Waals surface area (Å²) in [6.45, 7) is 5.32. The lowest BCUT2D eigenvalue weighted by Crippen LogP contribution is -2.38. The number of urea groups is 1. The second-order valence-electron chi connectivity index (χ2n) is 6.24. The highest BCUT2D eigenvalue weighted by Gasteiger charge is 2.62. The van der Waals surface area contributed by atoms with Crippen LogP contribution in [0.15, 0.2) is 18.2 Å². The molecular weight excluding hydrogens is 308 g/mol. The molecule has 1 heterocycles. The number of fused-ring (bicyclic) bond motifs is 2. The zero-order valence-corrected chi connectivity index (χ0v) is 14.4. The molecule has 6 nitrogen and oxygen atoms in total. The summed E-state index contributed by atoms with van der Waals surface area (Å²) in [5.41, 5.74) is 1.64. The molecule has 6 heteroatoms. The van der Waals surface area contributed by atoms with Gasteiger partial charge in [0.1, 0.15) is 5.75 Å². The molecule has 24 heavy (non-hydrogen) atoms. The molecule has 130 valence electrons. The number of rotatable bonds is 4. The first-order valence-electron chi connectivity index (χ1n) is 8.50. The van der Waals surface area contributed by atoms with Gasteiger partial charge in [0.2, 0.25) is 0 Å². The number of hydrogen-bond donors (Lipinski definition) is 1. The van der Waals surface area contributed by atoms with Crippen LogP contribution in [0.2, 0.25) is 0 Å². The standard InChI is InChI=1S/C18H24N2O4/c1-4-20(17(22)19-3)12-6-7-15-13(10-12)18(8-9-24-15)11-14(18)16(21)23-5-2/h6-7,10,14H,4-5,8-9,11H2,1-3H3,(H,19,22). The first-order chi connectivity index (χ1) is 11.6. The molecule has 1 aliphatic heterocycles. The number of amides is 2. The molecular formula is C18H24N2O4. The van der Waals surface area contributed by atoms with Gasteiger partial charge in [-0.15, -0.1) is 0 Å². The molecule has 2 aliphatic rings. The number of ether oxygens (including phenoxy) is 2. The lowest BCUT2D eigenvalue weighted by molar-refractivity contribution is -0.145. The summed E-state index contributed by atoms with van der Waals surface area (Å²) in [6.07, 6.45) is 1.59. The van der Waals surface area contributed by atoms with E-state index in [4.69, 9.17) is 9.47 Å². The normalized spacial score (nSPS) is 23.9. The van der Waals surface area contributed by atoms with Crippen molar-refractivity contribution in [2.75, 3.05) is 31.7 Å². The highest BCUT2D eigenvalue weighted by Crippen LogP contribution is 2.61. The maximum atomic E-state index is 12.2. The van der Waals surface area contributed by atoms with Crippen LogP contribution in [0.1, 0.15) is 32.3 Å². The minimum absolute atomic E-state index is 0.106. The molecule has 1 fully saturated rings. The molecule has 1 aliphatic carbocycles. The third kappa shape index (κ3) is 2.60. The van der Waals surface area contributed by atoms with Gasteiger partial charge in [-0.1, -0.05) is 0 Å². The number of anilines is 1. The molecule has 0 aromatic heterocycles. The molecule has 0 radical (unpaired) electrons. The first kappa shape index (κ1) is 16.6. The van der Waals surface area contributed by atoms with Crippen LogP contribution in [0.3, 0.4) is 0 Å². The molecule has 1 aromatic carbocycles. The monoisotopic (exact) mass is 332 g/mol. The fourth-order valence-electron chi connectivity index (χ4n) is 3.69. The largest absolute Gasteiger partial charge is 0.493 e. The van der Waals surface area contributed by atoms with Gasteiger partial charge in [0.15, 0.2) is 0 Å². The Hall–Kier alpha value is -2.24. The SMILES string of the molecule is CCOC(=O)C1CC12CCOc1ccc(N(CC)C(=O)NC)cc12. The average molecular weight is 332 g/mol. The molecule has 1 N–H and O–H groups in total. The molecule has 1 saturated carbocycles. The number of benzene rings is 1. The summed E-state index contributed by atoms with van der Waals surface area (Å²) >= 11 is 0. The van der Waals surface area contributed by atoms with E-state index in [2.05, 4.69) is 5.32 Å². The van der Waals surface area contributed by atoms with E-state index in [0.717, 1.165) is 29.8 Å². The predicted molar refractivity (Wildman–Crippen MR) is 90.4 cm³/mol. The van der Waals surface area contributed by atoms with Crippen molar-refractivity contribution in [3.8, 4) is 5.75 Å². The Morgan fingerprint density at radius 3 is 2.88 bits per heavy atom. The van der Waals surface area contributed by atoms with E-state index in [0.29, 0.717) is 19.8 Å². The van der Waals surface area contributed by atoms with Gasteiger partial charge in [0.25, 0.3) is 0 Å². The Labute approximate surface area is 142 Å². The minimum atomic E-state index is -0.196. The van der Waals surface area contributed by atoms with Crippen LogP contribution in [0, 0.1) is 5.92 Å². The lowest BCUT2D eigenvalue weighted by Gasteiger charge is -2.29. The summed E-state index contributed by atoms with van der Waals surface area (Å²) in [7, 11) is 1.62. The Kier molecular flexibility index (Phi) is 4.39. The number of hydrogen-bond acceptors (Lipinski definition) is 4. The maximum Gasteiger partial charge on any atom is 0.321 e. The summed E-state index contributed by atoms with van der Waals surface area (Å²) in [5.74, 6) is 0.574. The molecule has 2 unspecified atom stereocenters. The van der Waals surface area contributed by atoms with Gasteiger partial charge >= 0.3 is 12.0 Å². The Balaban J connectivity index is 1.94. The van der Waals surface area contributed by atoms with E-state index >= 15 is 0 Å². The predicted octanol–water partition coefficient (Wildman–Crippen LogP) is 2.46. The zero-order valence-electron chi connectivity index (χ0n) is 14.4. The molecule has 3 rings (SSSR count). The van der Waals surface area contributed by atoms with Crippen molar-refractivity contribution in [3.63, 3.8) is 0 Å². The van der Waals surface area contributed by atoms with Gasteiger partial charge in [0.05, 0.1) is 19.1 Å².